The van der Waals surface area contributed by atoms with Crippen LogP contribution in [0.3, 0.4) is 0 Å². The van der Waals surface area contributed by atoms with Crippen LogP contribution >= 0.6 is 11.6 Å². The van der Waals surface area contributed by atoms with Gasteiger partial charge in [0.25, 0.3) is 5.91 Å². The minimum Gasteiger partial charge on any atom is -0.373 e. The molecule has 1 saturated heterocycles. The monoisotopic (exact) mass is 440 g/mol. The first-order chi connectivity index (χ1) is 15.0. The highest BCUT2D eigenvalue weighted by Crippen LogP contribution is 2.23. The lowest BCUT2D eigenvalue weighted by molar-refractivity contribution is -0.0304. The van der Waals surface area contributed by atoms with Gasteiger partial charge in [-0.2, -0.15) is 5.10 Å². The molecule has 5 heterocycles. The van der Waals surface area contributed by atoms with E-state index in [1.54, 1.807) is 29.7 Å². The lowest BCUT2D eigenvalue weighted by Gasteiger charge is -2.32. The lowest BCUT2D eigenvalue weighted by Crippen LogP contribution is -2.47. The fourth-order valence-electron chi connectivity index (χ4n) is 3.84. The Hall–Kier alpha value is -3.24. The van der Waals surface area contributed by atoms with Crippen LogP contribution in [0, 0.1) is 6.92 Å². The molecule has 0 aromatic carbocycles. The number of nitrogens with one attached hydrogen (secondary N) is 1. The van der Waals surface area contributed by atoms with Gasteiger partial charge < -0.3 is 14.6 Å². The molecule has 0 saturated carbocycles. The van der Waals surface area contributed by atoms with E-state index in [0.717, 1.165) is 22.3 Å². The molecule has 1 aliphatic rings. The summed E-state index contributed by atoms with van der Waals surface area (Å²) in [7, 11) is 1.72. The molecule has 160 valence electrons. The van der Waals surface area contributed by atoms with Gasteiger partial charge in [0, 0.05) is 43.5 Å². The van der Waals surface area contributed by atoms with E-state index in [0.29, 0.717) is 42.7 Å². The Morgan fingerprint density at radius 3 is 3.10 bits per heavy atom. The zero-order chi connectivity index (χ0) is 21.5. The van der Waals surface area contributed by atoms with Crippen molar-refractivity contribution >= 4 is 28.5 Å². The Morgan fingerprint density at radius 1 is 1.42 bits per heavy atom. The molecule has 10 nitrogen and oxygen atoms in total. The molecule has 1 amide bonds. The number of carbonyl (C=O) groups excluding carboxylic acids is 1. The van der Waals surface area contributed by atoms with E-state index in [4.69, 9.17) is 16.3 Å². The molecule has 1 fully saturated rings. The predicted octanol–water partition coefficient (Wildman–Crippen LogP) is 2.06. The first kappa shape index (κ1) is 19.7. The SMILES string of the molecule is Cc1nn(C)c(C(=O)N2CCOC(Cn3cc(-c4cnc5[nH]ccc5c4)nn3)C2)c1Cl. The van der Waals surface area contributed by atoms with E-state index in [-0.39, 0.29) is 12.0 Å². The summed E-state index contributed by atoms with van der Waals surface area (Å²) in [5.74, 6) is -0.147. The topological polar surface area (TPSA) is 107 Å². The van der Waals surface area contributed by atoms with Crippen LogP contribution in [0.5, 0.6) is 0 Å². The third kappa shape index (κ3) is 3.68. The van der Waals surface area contributed by atoms with Crippen molar-refractivity contribution in [3.63, 3.8) is 0 Å². The summed E-state index contributed by atoms with van der Waals surface area (Å²) in [6.45, 7) is 3.65. The van der Waals surface area contributed by atoms with E-state index in [2.05, 4.69) is 25.4 Å². The van der Waals surface area contributed by atoms with Gasteiger partial charge >= 0.3 is 0 Å². The Labute approximate surface area is 182 Å². The first-order valence-corrected chi connectivity index (χ1v) is 10.3. The number of aromatic nitrogens is 7. The number of aromatic amines is 1. The van der Waals surface area contributed by atoms with Crippen LogP contribution in [0.1, 0.15) is 16.2 Å². The third-order valence-corrected chi connectivity index (χ3v) is 5.86. The molecule has 31 heavy (non-hydrogen) atoms. The van der Waals surface area contributed by atoms with Crippen LogP contribution in [-0.2, 0) is 18.3 Å². The lowest BCUT2D eigenvalue weighted by atomic mass is 10.2. The van der Waals surface area contributed by atoms with Crippen molar-refractivity contribution in [2.24, 2.45) is 7.05 Å². The summed E-state index contributed by atoms with van der Waals surface area (Å²) < 4.78 is 9.14. The first-order valence-electron chi connectivity index (χ1n) is 9.93. The molecule has 1 atom stereocenters. The van der Waals surface area contributed by atoms with Gasteiger partial charge in [0.1, 0.15) is 17.0 Å². The van der Waals surface area contributed by atoms with E-state index < -0.39 is 0 Å². The summed E-state index contributed by atoms with van der Waals surface area (Å²) >= 11 is 6.29. The molecular weight excluding hydrogens is 420 g/mol. The number of fused-ring (bicyclic) bond motifs is 1. The fraction of sp³-hybridized carbons (Fsp3) is 0.350. The standard InChI is InChI=1S/C20H21ClN8O2/c1-12-17(21)18(27(2)25-12)20(30)28-5-6-31-15(9-28)10-29-11-16(24-26-29)14-7-13-3-4-22-19(13)23-8-14/h3-4,7-8,11,15H,5-6,9-10H2,1-2H3,(H,22,23). The van der Waals surface area contributed by atoms with Crippen LogP contribution in [0.25, 0.3) is 22.3 Å². The van der Waals surface area contributed by atoms with Gasteiger partial charge in [0.2, 0.25) is 0 Å². The Bertz CT molecular complexity index is 1260. The highest BCUT2D eigenvalue weighted by atomic mass is 35.5. The number of hydrogen-bond acceptors (Lipinski definition) is 6. The number of rotatable bonds is 4. The van der Waals surface area contributed by atoms with Crippen LogP contribution in [0.4, 0.5) is 0 Å². The van der Waals surface area contributed by atoms with Gasteiger partial charge in [-0.15, -0.1) is 5.10 Å². The number of pyridine rings is 1. The average Bonchev–Trinajstić information content (AvgIpc) is 3.47. The van der Waals surface area contributed by atoms with E-state index in [1.165, 1.54) is 4.68 Å². The van der Waals surface area contributed by atoms with Crippen molar-refractivity contribution in [2.45, 2.75) is 19.6 Å². The molecular formula is C20H21ClN8O2. The summed E-state index contributed by atoms with van der Waals surface area (Å²) in [6.07, 6.45) is 5.28. The van der Waals surface area contributed by atoms with Crippen molar-refractivity contribution in [1.82, 2.24) is 39.6 Å². The summed E-state index contributed by atoms with van der Waals surface area (Å²) in [4.78, 5) is 22.2. The predicted molar refractivity (Wildman–Crippen MR) is 114 cm³/mol. The van der Waals surface area contributed by atoms with Crippen LogP contribution in [0.15, 0.2) is 30.7 Å². The second kappa shape index (κ2) is 7.78. The number of morpholine rings is 1. The van der Waals surface area contributed by atoms with Crippen LogP contribution in [0.2, 0.25) is 5.02 Å². The van der Waals surface area contributed by atoms with Gasteiger partial charge in [-0.1, -0.05) is 16.8 Å². The van der Waals surface area contributed by atoms with E-state index >= 15 is 0 Å². The molecule has 1 N–H and O–H groups in total. The number of carbonyl (C=O) groups is 1. The zero-order valence-electron chi connectivity index (χ0n) is 17.1. The molecule has 1 unspecified atom stereocenters. The minimum atomic E-state index is -0.203. The van der Waals surface area contributed by atoms with Crippen molar-refractivity contribution in [3.05, 3.63) is 47.1 Å². The van der Waals surface area contributed by atoms with Crippen molar-refractivity contribution in [3.8, 4) is 11.3 Å². The second-order valence-corrected chi connectivity index (χ2v) is 7.96. The number of nitrogens with zero attached hydrogens (tertiary/aromatic N) is 7. The van der Waals surface area contributed by atoms with E-state index in [9.17, 15) is 4.79 Å². The van der Waals surface area contributed by atoms with Gasteiger partial charge in [-0.05, 0) is 19.1 Å². The second-order valence-electron chi connectivity index (χ2n) is 7.58. The van der Waals surface area contributed by atoms with Crippen molar-refractivity contribution in [2.75, 3.05) is 19.7 Å². The number of aryl methyl sites for hydroxylation is 2. The number of amides is 1. The maximum absolute atomic E-state index is 13.0. The molecule has 0 aliphatic carbocycles. The molecule has 11 heteroatoms. The third-order valence-electron chi connectivity index (χ3n) is 5.40. The normalized spacial score (nSPS) is 16.9. The number of H-pyrrole nitrogens is 1. The molecule has 0 spiro atoms. The van der Waals surface area contributed by atoms with Gasteiger partial charge in [-0.25, -0.2) is 9.67 Å². The van der Waals surface area contributed by atoms with Gasteiger partial charge in [0.05, 0.1) is 36.2 Å². The minimum absolute atomic E-state index is 0.147. The summed E-state index contributed by atoms with van der Waals surface area (Å²) in [5, 5.41) is 14.1. The highest BCUT2D eigenvalue weighted by Gasteiger charge is 2.29. The Kier molecular flexibility index (Phi) is 4.95. The smallest absolute Gasteiger partial charge is 0.273 e. The molecule has 1 aliphatic heterocycles. The maximum Gasteiger partial charge on any atom is 0.273 e. The molecule has 5 rings (SSSR count). The zero-order valence-corrected chi connectivity index (χ0v) is 17.9. The highest BCUT2D eigenvalue weighted by molar-refractivity contribution is 6.34. The molecule has 4 aromatic rings. The van der Waals surface area contributed by atoms with Crippen molar-refractivity contribution < 1.29 is 9.53 Å². The van der Waals surface area contributed by atoms with Gasteiger partial charge in [0.15, 0.2) is 0 Å². The molecule has 0 bridgehead atoms. The molecule has 0 radical (unpaired) electrons. The largest absolute Gasteiger partial charge is 0.373 e. The van der Waals surface area contributed by atoms with Gasteiger partial charge in [-0.3, -0.25) is 9.48 Å². The summed E-state index contributed by atoms with van der Waals surface area (Å²) in [6, 6.07) is 3.98. The number of hydrogen-bond donors (Lipinski definition) is 1. The quantitative estimate of drug-likeness (QED) is 0.520. The maximum atomic E-state index is 13.0. The van der Waals surface area contributed by atoms with E-state index in [1.807, 2.05) is 24.5 Å². The molecule has 4 aromatic heterocycles. The Morgan fingerprint density at radius 2 is 2.29 bits per heavy atom. The Balaban J connectivity index is 1.29. The number of halogens is 1. The summed E-state index contributed by atoms with van der Waals surface area (Å²) in [5.41, 5.74) is 3.49. The fourth-order valence-corrected chi connectivity index (χ4v) is 4.08. The number of ether oxygens (including phenoxy) is 1. The van der Waals surface area contributed by atoms with Crippen LogP contribution in [-0.4, -0.2) is 71.3 Å². The van der Waals surface area contributed by atoms with Crippen molar-refractivity contribution in [1.29, 1.82) is 0 Å². The van der Waals surface area contributed by atoms with Crippen LogP contribution < -0.4 is 0 Å². The average molecular weight is 441 g/mol.